The smallest absolute Gasteiger partial charge is 0.245 e. The van der Waals surface area contributed by atoms with Crippen LogP contribution in [0.5, 0.6) is 0 Å². The first-order valence-electron chi connectivity index (χ1n) is 6.96. The van der Waals surface area contributed by atoms with Crippen LogP contribution in [0.1, 0.15) is 22.0 Å². The zero-order valence-electron chi connectivity index (χ0n) is 11.6. The first-order valence-corrected chi connectivity index (χ1v) is 6.96. The van der Waals surface area contributed by atoms with Crippen molar-refractivity contribution in [2.24, 2.45) is 0 Å². The molecule has 0 aliphatic rings. The van der Waals surface area contributed by atoms with Crippen LogP contribution >= 0.6 is 0 Å². The molecule has 0 spiro atoms. The number of nitrogens with zero attached hydrogens (tertiary/aromatic N) is 1. The molecular formula is C19H16NO+. The molecule has 0 unspecified atom stereocenters. The van der Waals surface area contributed by atoms with Crippen LogP contribution in [0.25, 0.3) is 0 Å². The van der Waals surface area contributed by atoms with Gasteiger partial charge in [0.2, 0.25) is 11.8 Å². The van der Waals surface area contributed by atoms with Crippen LogP contribution in [0.3, 0.4) is 0 Å². The van der Waals surface area contributed by atoms with Gasteiger partial charge in [0.05, 0.1) is 0 Å². The van der Waals surface area contributed by atoms with Gasteiger partial charge in [-0.1, -0.05) is 66.7 Å². The molecule has 0 N–H and O–H groups in total. The van der Waals surface area contributed by atoms with Gasteiger partial charge in [-0.05, 0) is 0 Å². The number of carbonyl (C=O) groups is 1. The zero-order chi connectivity index (χ0) is 14.5. The summed E-state index contributed by atoms with van der Waals surface area (Å²) in [6, 6.07) is 24.8. The van der Waals surface area contributed by atoms with Crippen molar-refractivity contribution in [2.45, 2.75) is 6.04 Å². The summed E-state index contributed by atoms with van der Waals surface area (Å²) in [7, 11) is 0. The minimum absolute atomic E-state index is 0.0954. The van der Waals surface area contributed by atoms with E-state index < -0.39 is 0 Å². The fourth-order valence-corrected chi connectivity index (χ4v) is 2.44. The Morgan fingerprint density at radius 2 is 1.24 bits per heavy atom. The van der Waals surface area contributed by atoms with E-state index in [-0.39, 0.29) is 11.8 Å². The van der Waals surface area contributed by atoms with Crippen molar-refractivity contribution < 1.29 is 9.36 Å². The topological polar surface area (TPSA) is 20.9 Å². The number of carbonyl (C=O) groups excluding carboxylic acids is 1. The molecule has 3 rings (SSSR count). The van der Waals surface area contributed by atoms with E-state index in [4.69, 9.17) is 0 Å². The molecule has 2 nitrogen and oxygen atoms in total. The lowest BCUT2D eigenvalue weighted by Crippen LogP contribution is -2.44. The van der Waals surface area contributed by atoms with Crippen molar-refractivity contribution in [3.8, 4) is 0 Å². The molecule has 0 saturated heterocycles. The normalized spacial score (nSPS) is 11.8. The predicted octanol–water partition coefficient (Wildman–Crippen LogP) is 3.45. The highest BCUT2D eigenvalue weighted by Gasteiger charge is 2.29. The third kappa shape index (κ3) is 2.90. The fraction of sp³-hybridized carbons (Fsp3) is 0.0526. The fourth-order valence-electron chi connectivity index (χ4n) is 2.44. The van der Waals surface area contributed by atoms with Crippen molar-refractivity contribution >= 4 is 5.78 Å². The summed E-state index contributed by atoms with van der Waals surface area (Å²) in [6.07, 6.45) is 3.86. The van der Waals surface area contributed by atoms with E-state index in [2.05, 4.69) is 0 Å². The molecule has 0 amide bonds. The van der Waals surface area contributed by atoms with Crippen molar-refractivity contribution in [1.29, 1.82) is 0 Å². The Kier molecular flexibility index (Phi) is 3.88. The van der Waals surface area contributed by atoms with Crippen molar-refractivity contribution in [3.05, 3.63) is 102 Å². The molecule has 1 heterocycles. The van der Waals surface area contributed by atoms with Gasteiger partial charge in [-0.25, -0.2) is 0 Å². The summed E-state index contributed by atoms with van der Waals surface area (Å²) in [5.41, 5.74) is 1.71. The lowest BCUT2D eigenvalue weighted by atomic mass is 9.97. The van der Waals surface area contributed by atoms with Crippen LogP contribution in [0, 0.1) is 0 Å². The van der Waals surface area contributed by atoms with E-state index in [1.165, 1.54) is 0 Å². The predicted molar refractivity (Wildman–Crippen MR) is 82.0 cm³/mol. The summed E-state index contributed by atoms with van der Waals surface area (Å²) in [6.45, 7) is 0. The maximum atomic E-state index is 12.9. The molecule has 21 heavy (non-hydrogen) atoms. The maximum absolute atomic E-state index is 12.9. The second-order valence-corrected chi connectivity index (χ2v) is 4.87. The molecule has 1 aromatic heterocycles. The third-order valence-electron chi connectivity index (χ3n) is 3.46. The van der Waals surface area contributed by atoms with Gasteiger partial charge in [0.25, 0.3) is 0 Å². The highest BCUT2D eigenvalue weighted by atomic mass is 16.1. The quantitative estimate of drug-likeness (QED) is 0.527. The molecular weight excluding hydrogens is 258 g/mol. The number of aromatic nitrogens is 1. The second kappa shape index (κ2) is 6.14. The van der Waals surface area contributed by atoms with E-state index in [1.807, 2.05) is 95.8 Å². The van der Waals surface area contributed by atoms with E-state index in [9.17, 15) is 4.79 Å². The maximum Gasteiger partial charge on any atom is 0.245 e. The van der Waals surface area contributed by atoms with Gasteiger partial charge in [-0.3, -0.25) is 4.79 Å². The second-order valence-electron chi connectivity index (χ2n) is 4.87. The van der Waals surface area contributed by atoms with E-state index in [0.29, 0.717) is 0 Å². The molecule has 0 saturated carbocycles. The SMILES string of the molecule is O=C(c1ccccc1)[C@H](c1ccccc1)[n+]1ccccc1. The minimum atomic E-state index is -0.338. The third-order valence-corrected chi connectivity index (χ3v) is 3.46. The van der Waals surface area contributed by atoms with Crippen LogP contribution in [0.15, 0.2) is 91.3 Å². The van der Waals surface area contributed by atoms with Gasteiger partial charge >= 0.3 is 0 Å². The van der Waals surface area contributed by atoms with Crippen molar-refractivity contribution in [3.63, 3.8) is 0 Å². The Morgan fingerprint density at radius 3 is 1.86 bits per heavy atom. The highest BCUT2D eigenvalue weighted by Crippen LogP contribution is 2.18. The van der Waals surface area contributed by atoms with Gasteiger partial charge in [0.15, 0.2) is 12.4 Å². The van der Waals surface area contributed by atoms with Crippen LogP contribution in [0.2, 0.25) is 0 Å². The lowest BCUT2D eigenvalue weighted by Gasteiger charge is -2.12. The van der Waals surface area contributed by atoms with Gasteiger partial charge in [0.1, 0.15) is 0 Å². The molecule has 0 radical (unpaired) electrons. The van der Waals surface area contributed by atoms with E-state index in [1.54, 1.807) is 0 Å². The largest absolute Gasteiger partial charge is 0.286 e. The number of Topliss-reactive ketones (excluding diaryl/α,β-unsaturated/α-hetero) is 1. The first-order chi connectivity index (χ1) is 10.4. The molecule has 2 aromatic carbocycles. The Morgan fingerprint density at radius 1 is 0.714 bits per heavy atom. The summed E-state index contributed by atoms with van der Waals surface area (Å²) >= 11 is 0. The number of hydrogen-bond donors (Lipinski definition) is 0. The summed E-state index contributed by atoms with van der Waals surface area (Å²) in [5, 5.41) is 0. The number of rotatable bonds is 4. The Labute approximate surface area is 124 Å². The summed E-state index contributed by atoms with van der Waals surface area (Å²) in [4.78, 5) is 12.9. The van der Waals surface area contributed by atoms with E-state index >= 15 is 0 Å². The van der Waals surface area contributed by atoms with Crippen LogP contribution < -0.4 is 4.57 Å². The van der Waals surface area contributed by atoms with Crippen molar-refractivity contribution in [1.82, 2.24) is 0 Å². The van der Waals surface area contributed by atoms with Crippen LogP contribution in [0.4, 0.5) is 0 Å². The Hall–Kier alpha value is -2.74. The average Bonchev–Trinajstić information content (AvgIpc) is 2.58. The standard InChI is InChI=1S/C19H16NO/c21-19(17-12-6-2-7-13-17)18(16-10-4-1-5-11-16)20-14-8-3-9-15-20/h1-15,18H/q+1/t18-/m0/s1. The summed E-state index contributed by atoms with van der Waals surface area (Å²) < 4.78 is 1.95. The molecule has 102 valence electrons. The number of benzene rings is 2. The Balaban J connectivity index is 2.07. The molecule has 0 aliphatic heterocycles. The van der Waals surface area contributed by atoms with Gasteiger partial charge in [0, 0.05) is 23.3 Å². The first kappa shape index (κ1) is 13.3. The highest BCUT2D eigenvalue weighted by molar-refractivity contribution is 5.99. The lowest BCUT2D eigenvalue weighted by molar-refractivity contribution is -0.699. The van der Waals surface area contributed by atoms with Crippen LogP contribution in [-0.4, -0.2) is 5.78 Å². The number of ketones is 1. The number of pyridine rings is 1. The average molecular weight is 274 g/mol. The van der Waals surface area contributed by atoms with E-state index in [0.717, 1.165) is 11.1 Å². The van der Waals surface area contributed by atoms with Crippen molar-refractivity contribution in [2.75, 3.05) is 0 Å². The monoisotopic (exact) mass is 274 g/mol. The molecule has 3 aromatic rings. The minimum Gasteiger partial charge on any atom is -0.286 e. The molecule has 0 aliphatic carbocycles. The molecule has 0 fully saturated rings. The summed E-state index contributed by atoms with van der Waals surface area (Å²) in [5.74, 6) is 0.0954. The van der Waals surface area contributed by atoms with Crippen LogP contribution in [-0.2, 0) is 0 Å². The van der Waals surface area contributed by atoms with Gasteiger partial charge < -0.3 is 0 Å². The molecule has 2 heteroatoms. The molecule has 1 atom stereocenters. The van der Waals surface area contributed by atoms with Gasteiger partial charge in [-0.2, -0.15) is 4.57 Å². The Bertz CT molecular complexity index is 669. The number of hydrogen-bond acceptors (Lipinski definition) is 1. The molecule has 0 bridgehead atoms. The zero-order valence-corrected chi connectivity index (χ0v) is 11.6. The van der Waals surface area contributed by atoms with Gasteiger partial charge in [-0.15, -0.1) is 0 Å².